The molecule has 2 bridgehead atoms. The lowest BCUT2D eigenvalue weighted by molar-refractivity contribution is -0.186. The van der Waals surface area contributed by atoms with Crippen molar-refractivity contribution in [2.75, 3.05) is 26.0 Å². The van der Waals surface area contributed by atoms with E-state index in [9.17, 15) is 24.3 Å². The van der Waals surface area contributed by atoms with Crippen molar-refractivity contribution in [1.29, 1.82) is 0 Å². The molecule has 1 aromatic heterocycles. The van der Waals surface area contributed by atoms with E-state index in [0.717, 1.165) is 27.7 Å². The van der Waals surface area contributed by atoms with E-state index in [1.165, 1.54) is 6.07 Å². The van der Waals surface area contributed by atoms with E-state index in [4.69, 9.17) is 19.6 Å². The molecule has 2 aromatic rings. The van der Waals surface area contributed by atoms with Crippen molar-refractivity contribution in [3.63, 3.8) is 0 Å². The molecular weight excluding hydrogens is 753 g/mol. The number of aliphatic hydroxyl groups excluding tert-OH is 1. The van der Waals surface area contributed by atoms with Gasteiger partial charge in [-0.1, -0.05) is 45.4 Å². The highest BCUT2D eigenvalue weighted by Crippen LogP contribution is 2.59. The molecule has 56 heavy (non-hydrogen) atoms. The van der Waals surface area contributed by atoms with Gasteiger partial charge in [0.1, 0.15) is 11.3 Å². The second-order valence-electron chi connectivity index (χ2n) is 16.1. The van der Waals surface area contributed by atoms with E-state index >= 15 is 0 Å². The number of carbonyl (C=O) groups excluding carboxylic acids is 3. The number of fused-ring (bicyclic) bond motifs is 7. The van der Waals surface area contributed by atoms with Crippen LogP contribution in [0.3, 0.4) is 0 Å². The number of aliphatic hydroxyl groups is 1. The Kier molecular flexibility index (Phi) is 9.33. The molecule has 1 saturated heterocycles. The van der Waals surface area contributed by atoms with E-state index < -0.39 is 28.7 Å². The monoisotopic (exact) mass is 798 g/mol. The first-order valence-corrected chi connectivity index (χ1v) is 21.7. The number of esters is 1. The van der Waals surface area contributed by atoms with Crippen molar-refractivity contribution in [3.05, 3.63) is 98.7 Å². The van der Waals surface area contributed by atoms with Crippen molar-refractivity contribution in [2.24, 2.45) is 23.5 Å². The lowest BCUT2D eigenvalue weighted by atomic mass is 9.61. The number of ether oxygens (including phenoxy) is 2. The number of carbonyl (C=O) groups is 3. The minimum absolute atomic E-state index is 0.00267. The maximum Gasteiger partial charge on any atom is 0.336 e. The topological polar surface area (TPSA) is 173 Å². The number of allylic oxidation sites excluding steroid dienone is 3. The van der Waals surface area contributed by atoms with Crippen molar-refractivity contribution in [3.8, 4) is 5.75 Å². The number of rotatable bonds is 5. The molecule has 1 spiro atoms. The fourth-order valence-electron chi connectivity index (χ4n) is 10.6. The number of ketones is 1. The minimum atomic E-state index is -1.25. The lowest BCUT2D eigenvalue weighted by Crippen LogP contribution is -2.75. The Labute approximate surface area is 332 Å². The molecule has 294 valence electrons. The molecule has 0 radical (unpaired) electrons. The summed E-state index contributed by atoms with van der Waals surface area (Å²) in [4.78, 5) is 56.5. The third-order valence-corrected chi connectivity index (χ3v) is 16.1. The molecule has 2 fully saturated rings. The van der Waals surface area contributed by atoms with Gasteiger partial charge in [-0.2, -0.15) is 0 Å². The van der Waals surface area contributed by atoms with Crippen LogP contribution in [-0.2, 0) is 25.5 Å². The average Bonchev–Trinajstić information content (AvgIpc) is 3.53. The van der Waals surface area contributed by atoms with E-state index in [-0.39, 0.29) is 66.4 Å². The van der Waals surface area contributed by atoms with Gasteiger partial charge in [0.15, 0.2) is 17.0 Å². The maximum atomic E-state index is 14.8. The first kappa shape index (κ1) is 37.3. The van der Waals surface area contributed by atoms with Gasteiger partial charge in [-0.25, -0.2) is 9.59 Å². The van der Waals surface area contributed by atoms with Crippen LogP contribution in [0.4, 0.5) is 0 Å². The molecule has 7 aliphatic rings. The molecule has 1 amide bonds. The third kappa shape index (κ3) is 5.72. The SMILES string of the molecule is CC=C(CCO)C(=O)OC1(C)CC=C2CSSC3CC4C(=O)C=CC5C(C4NC)C3N5C(=O)CC3=C(C=C(N)NC3)C2C12Cc1cc3ccc(=O)oc3cc1O2. The Balaban J connectivity index is 1.20. The van der Waals surface area contributed by atoms with Gasteiger partial charge in [-0.05, 0) is 68.3 Å². The van der Waals surface area contributed by atoms with Crippen LogP contribution in [0.2, 0.25) is 0 Å². The van der Waals surface area contributed by atoms with Gasteiger partial charge in [0.2, 0.25) is 5.91 Å². The number of dihydropyridines is 1. The molecule has 9 rings (SSSR count). The highest BCUT2D eigenvalue weighted by Gasteiger charge is 2.65. The Morgan fingerprint density at radius 1 is 1.25 bits per heavy atom. The highest BCUT2D eigenvalue weighted by atomic mass is 33.1. The van der Waals surface area contributed by atoms with Crippen LogP contribution in [0, 0.1) is 17.8 Å². The van der Waals surface area contributed by atoms with Crippen molar-refractivity contribution in [2.45, 2.75) is 80.5 Å². The summed E-state index contributed by atoms with van der Waals surface area (Å²) in [6.07, 6.45) is 11.0. The summed E-state index contributed by atoms with van der Waals surface area (Å²) in [5.41, 5.74) is 8.02. The summed E-state index contributed by atoms with van der Waals surface area (Å²) < 4.78 is 19.4. The van der Waals surface area contributed by atoms with Gasteiger partial charge in [0, 0.05) is 84.4 Å². The standard InChI is InChI=1S/C42H46N4O8S2/c1-4-21(10-12-47)40(51)54-41(2)11-9-23-20-55-56-32-15-27-29(48)7-6-28-36(38(27)44-3)39(32)46(28)34(49)14-25-19-45-33(43)16-26(25)37(23)42(41)18-24-13-22-5-8-35(50)52-30(22)17-31(24)53-42/h4-9,13,16-17,27-28,32,36-39,44-45,47H,10-12,14-15,18-20,43H2,1-3H3. The van der Waals surface area contributed by atoms with Crippen LogP contribution >= 0.6 is 21.6 Å². The van der Waals surface area contributed by atoms with Gasteiger partial charge in [0.05, 0.1) is 30.2 Å². The van der Waals surface area contributed by atoms with Crippen LogP contribution in [0.1, 0.15) is 45.1 Å². The van der Waals surface area contributed by atoms with Crippen LogP contribution in [-0.4, -0.2) is 88.2 Å². The lowest BCUT2D eigenvalue weighted by Gasteiger charge is -2.62. The Hall–Kier alpha value is -4.24. The Morgan fingerprint density at radius 3 is 2.88 bits per heavy atom. The summed E-state index contributed by atoms with van der Waals surface area (Å²) in [7, 11) is 5.40. The van der Waals surface area contributed by atoms with E-state index in [1.54, 1.807) is 52.8 Å². The van der Waals surface area contributed by atoms with E-state index in [2.05, 4.69) is 16.7 Å². The molecule has 5 heterocycles. The van der Waals surface area contributed by atoms with Crippen molar-refractivity contribution in [1.82, 2.24) is 15.5 Å². The molecule has 12 nitrogen and oxygen atoms in total. The van der Waals surface area contributed by atoms with Crippen LogP contribution < -0.4 is 26.7 Å². The fourth-order valence-corrected chi connectivity index (χ4v) is 13.7. The van der Waals surface area contributed by atoms with Gasteiger partial charge in [-0.15, -0.1) is 0 Å². The molecule has 4 aliphatic heterocycles. The number of nitrogens with two attached hydrogens (primary N) is 1. The Bertz CT molecular complexity index is 2260. The summed E-state index contributed by atoms with van der Waals surface area (Å²) in [6, 6.07) is 6.63. The van der Waals surface area contributed by atoms with Crippen molar-refractivity contribution >= 4 is 50.2 Å². The number of benzene rings is 1. The predicted molar refractivity (Wildman–Crippen MR) is 214 cm³/mol. The second-order valence-corrected chi connectivity index (χ2v) is 18.7. The molecule has 5 N–H and O–H groups in total. The maximum absolute atomic E-state index is 14.8. The van der Waals surface area contributed by atoms with Gasteiger partial charge >= 0.3 is 11.6 Å². The molecule has 14 heteroatoms. The molecule has 9 unspecified atom stereocenters. The van der Waals surface area contributed by atoms with E-state index in [1.807, 2.05) is 37.1 Å². The summed E-state index contributed by atoms with van der Waals surface area (Å²) in [5.74, 6) is 0.617. The minimum Gasteiger partial charge on any atom is -0.481 e. The summed E-state index contributed by atoms with van der Waals surface area (Å²) in [5, 5.41) is 17.3. The van der Waals surface area contributed by atoms with Crippen molar-refractivity contribution < 1.29 is 33.4 Å². The molecule has 3 aliphatic carbocycles. The highest BCUT2D eigenvalue weighted by molar-refractivity contribution is 8.77. The zero-order chi connectivity index (χ0) is 39.1. The summed E-state index contributed by atoms with van der Waals surface area (Å²) >= 11 is 0. The van der Waals surface area contributed by atoms with Crippen LogP contribution in [0.15, 0.2) is 92.0 Å². The fraction of sp³-hybridized carbons (Fsp3) is 0.476. The van der Waals surface area contributed by atoms with Crippen LogP contribution in [0.5, 0.6) is 5.75 Å². The quantitative estimate of drug-likeness (QED) is 0.113. The van der Waals surface area contributed by atoms with Gasteiger partial charge in [0.25, 0.3) is 0 Å². The normalized spacial score (nSPS) is 34.8. The third-order valence-electron chi connectivity index (χ3n) is 13.3. The second kappa shape index (κ2) is 14.0. The molecule has 9 atom stereocenters. The van der Waals surface area contributed by atoms with Gasteiger partial charge in [-0.3, -0.25) is 9.59 Å². The Morgan fingerprint density at radius 2 is 2.09 bits per heavy atom. The average molecular weight is 799 g/mol. The first-order valence-electron chi connectivity index (χ1n) is 19.3. The molecule has 1 aromatic carbocycles. The smallest absolute Gasteiger partial charge is 0.336 e. The molecular formula is C42H46N4O8S2. The van der Waals surface area contributed by atoms with Gasteiger partial charge < -0.3 is 40.3 Å². The number of nitrogens with zero attached hydrogens (tertiary/aromatic N) is 1. The summed E-state index contributed by atoms with van der Waals surface area (Å²) in [6.45, 7) is 3.79. The zero-order valence-corrected chi connectivity index (χ0v) is 33.2. The van der Waals surface area contributed by atoms with E-state index in [0.29, 0.717) is 54.3 Å². The predicted octanol–water partition coefficient (Wildman–Crippen LogP) is 3.84. The van der Waals surface area contributed by atoms with Crippen LogP contribution in [0.25, 0.3) is 11.0 Å². The number of hydrogen-bond acceptors (Lipinski definition) is 13. The zero-order valence-electron chi connectivity index (χ0n) is 31.5. The first-order chi connectivity index (χ1) is 27.0. The largest absolute Gasteiger partial charge is 0.481 e. The number of hydrogen-bond donors (Lipinski definition) is 4. The number of amides is 1. The number of nitrogens with one attached hydrogen (secondary N) is 2. The molecule has 1 saturated carbocycles.